The van der Waals surface area contributed by atoms with Crippen molar-refractivity contribution < 1.29 is 4.79 Å². The largest absolute Gasteiger partial charge is 0.355 e. The van der Waals surface area contributed by atoms with Crippen LogP contribution in [0, 0.1) is 0 Å². The van der Waals surface area contributed by atoms with Gasteiger partial charge in [0, 0.05) is 45.7 Å². The SMILES string of the molecule is CCCCCCCC/C=C\CCCCCCCC(=O)NCCNCCNCCN. The molecule has 0 rings (SSSR count). The summed E-state index contributed by atoms with van der Waals surface area (Å²) in [4.78, 5) is 11.8. The predicted octanol–water partition coefficient (Wildman–Crippen LogP) is 4.28. The number of carbonyl (C=O) groups excluding carboxylic acids is 1. The number of rotatable bonds is 23. The van der Waals surface area contributed by atoms with Crippen LogP contribution >= 0.6 is 0 Å². The molecular formula is C24H50N4O. The fourth-order valence-corrected chi connectivity index (χ4v) is 3.26. The average molecular weight is 411 g/mol. The van der Waals surface area contributed by atoms with Crippen molar-refractivity contribution in [1.29, 1.82) is 0 Å². The zero-order valence-electron chi connectivity index (χ0n) is 19.3. The molecule has 0 saturated carbocycles. The molecular weight excluding hydrogens is 360 g/mol. The van der Waals surface area contributed by atoms with E-state index in [1.807, 2.05) is 0 Å². The first-order chi connectivity index (χ1) is 14.3. The number of nitrogens with two attached hydrogens (primary N) is 1. The summed E-state index contributed by atoms with van der Waals surface area (Å²) >= 11 is 0. The van der Waals surface area contributed by atoms with Gasteiger partial charge in [0.05, 0.1) is 0 Å². The molecule has 0 fully saturated rings. The van der Waals surface area contributed by atoms with Crippen molar-refractivity contribution in [1.82, 2.24) is 16.0 Å². The van der Waals surface area contributed by atoms with Gasteiger partial charge < -0.3 is 21.7 Å². The third-order valence-electron chi connectivity index (χ3n) is 5.09. The van der Waals surface area contributed by atoms with Crippen molar-refractivity contribution in [2.75, 3.05) is 39.3 Å². The third kappa shape index (κ3) is 25.1. The van der Waals surface area contributed by atoms with Gasteiger partial charge >= 0.3 is 0 Å². The fourth-order valence-electron chi connectivity index (χ4n) is 3.26. The van der Waals surface area contributed by atoms with Crippen LogP contribution in [0.2, 0.25) is 0 Å². The van der Waals surface area contributed by atoms with Crippen LogP contribution in [0.1, 0.15) is 96.8 Å². The quantitative estimate of drug-likeness (QED) is 0.150. The summed E-state index contributed by atoms with van der Waals surface area (Å²) < 4.78 is 0. The molecule has 29 heavy (non-hydrogen) atoms. The van der Waals surface area contributed by atoms with Gasteiger partial charge in [-0.25, -0.2) is 0 Å². The van der Waals surface area contributed by atoms with Gasteiger partial charge in [0.25, 0.3) is 0 Å². The van der Waals surface area contributed by atoms with Crippen molar-refractivity contribution >= 4 is 5.91 Å². The lowest BCUT2D eigenvalue weighted by molar-refractivity contribution is -0.121. The lowest BCUT2D eigenvalue weighted by atomic mass is 10.1. The smallest absolute Gasteiger partial charge is 0.220 e. The molecule has 0 aliphatic carbocycles. The van der Waals surface area contributed by atoms with Gasteiger partial charge in [-0.1, -0.05) is 70.4 Å². The van der Waals surface area contributed by atoms with E-state index in [1.165, 1.54) is 77.0 Å². The zero-order valence-corrected chi connectivity index (χ0v) is 19.3. The maximum absolute atomic E-state index is 11.8. The van der Waals surface area contributed by atoms with E-state index in [1.54, 1.807) is 0 Å². The van der Waals surface area contributed by atoms with Crippen LogP contribution in [0.15, 0.2) is 12.2 Å². The van der Waals surface area contributed by atoms with Crippen LogP contribution in [-0.2, 0) is 4.79 Å². The van der Waals surface area contributed by atoms with Crippen LogP contribution in [0.4, 0.5) is 0 Å². The van der Waals surface area contributed by atoms with Crippen LogP contribution in [0.5, 0.6) is 0 Å². The molecule has 0 aromatic carbocycles. The van der Waals surface area contributed by atoms with Crippen molar-refractivity contribution in [3.05, 3.63) is 12.2 Å². The van der Waals surface area contributed by atoms with Crippen LogP contribution in [0.25, 0.3) is 0 Å². The Bertz CT molecular complexity index is 361. The number of unbranched alkanes of at least 4 members (excludes halogenated alkanes) is 11. The molecule has 5 nitrogen and oxygen atoms in total. The van der Waals surface area contributed by atoms with Crippen LogP contribution in [0.3, 0.4) is 0 Å². The van der Waals surface area contributed by atoms with E-state index in [9.17, 15) is 4.79 Å². The molecule has 0 atom stereocenters. The second-order valence-electron chi connectivity index (χ2n) is 7.97. The highest BCUT2D eigenvalue weighted by atomic mass is 16.1. The van der Waals surface area contributed by atoms with Gasteiger partial charge in [-0.3, -0.25) is 4.79 Å². The standard InChI is InChI=1S/C24H50N4O/c1-2-3-4-5-6-7-8-9-10-11-12-13-14-15-16-17-24(29)28-23-22-27-21-20-26-19-18-25/h9-10,26-27H,2-8,11-23,25H2,1H3,(H,28,29)/b10-9-. The first-order valence-corrected chi connectivity index (χ1v) is 12.3. The molecule has 0 heterocycles. The number of hydrogen-bond acceptors (Lipinski definition) is 4. The normalized spacial score (nSPS) is 11.4. The molecule has 0 spiro atoms. The molecule has 0 bridgehead atoms. The highest BCUT2D eigenvalue weighted by Gasteiger charge is 2.00. The third-order valence-corrected chi connectivity index (χ3v) is 5.09. The Morgan fingerprint density at radius 2 is 1.21 bits per heavy atom. The Morgan fingerprint density at radius 3 is 1.83 bits per heavy atom. The number of hydrogen-bond donors (Lipinski definition) is 4. The number of carbonyl (C=O) groups is 1. The van der Waals surface area contributed by atoms with Crippen molar-refractivity contribution in [3.63, 3.8) is 0 Å². The minimum atomic E-state index is 0.186. The van der Waals surface area contributed by atoms with Gasteiger partial charge in [0.1, 0.15) is 0 Å². The molecule has 172 valence electrons. The molecule has 0 aromatic heterocycles. The Hall–Kier alpha value is -0.910. The van der Waals surface area contributed by atoms with E-state index in [-0.39, 0.29) is 5.91 Å². The van der Waals surface area contributed by atoms with E-state index in [4.69, 9.17) is 5.73 Å². The van der Waals surface area contributed by atoms with Gasteiger partial charge in [0.2, 0.25) is 5.91 Å². The molecule has 1 amide bonds. The van der Waals surface area contributed by atoms with Crippen LogP contribution in [-0.4, -0.2) is 45.2 Å². The molecule has 0 unspecified atom stereocenters. The lowest BCUT2D eigenvalue weighted by Gasteiger charge is -2.07. The average Bonchev–Trinajstić information content (AvgIpc) is 2.72. The van der Waals surface area contributed by atoms with E-state index in [0.29, 0.717) is 19.5 Å². The van der Waals surface area contributed by atoms with Gasteiger partial charge in [-0.2, -0.15) is 0 Å². The Labute approximate surface area is 181 Å². The summed E-state index contributed by atoms with van der Waals surface area (Å²) in [5, 5.41) is 9.51. The lowest BCUT2D eigenvalue weighted by Crippen LogP contribution is -2.35. The molecule has 0 saturated heterocycles. The monoisotopic (exact) mass is 410 g/mol. The minimum absolute atomic E-state index is 0.186. The summed E-state index contributed by atoms with van der Waals surface area (Å²) in [6.07, 6.45) is 22.1. The second-order valence-corrected chi connectivity index (χ2v) is 7.97. The summed E-state index contributed by atoms with van der Waals surface area (Å²) in [5.41, 5.74) is 5.41. The molecule has 0 aliphatic rings. The molecule has 0 aromatic rings. The van der Waals surface area contributed by atoms with E-state index in [2.05, 4.69) is 35.0 Å². The van der Waals surface area contributed by atoms with E-state index >= 15 is 0 Å². The van der Waals surface area contributed by atoms with E-state index in [0.717, 1.165) is 32.6 Å². The number of amides is 1. The van der Waals surface area contributed by atoms with Crippen molar-refractivity contribution in [3.8, 4) is 0 Å². The Kier molecular flexibility index (Phi) is 24.3. The summed E-state index contributed by atoms with van der Waals surface area (Å²) in [6, 6.07) is 0. The first-order valence-electron chi connectivity index (χ1n) is 12.3. The number of allylic oxidation sites excluding steroid dienone is 2. The summed E-state index contributed by atoms with van der Waals surface area (Å²) in [6.45, 7) is 7.15. The fraction of sp³-hybridized carbons (Fsp3) is 0.875. The Morgan fingerprint density at radius 1 is 0.690 bits per heavy atom. The molecule has 5 heteroatoms. The maximum Gasteiger partial charge on any atom is 0.220 e. The highest BCUT2D eigenvalue weighted by Crippen LogP contribution is 2.09. The van der Waals surface area contributed by atoms with E-state index < -0.39 is 0 Å². The summed E-state index contributed by atoms with van der Waals surface area (Å²) in [7, 11) is 0. The molecule has 5 N–H and O–H groups in total. The minimum Gasteiger partial charge on any atom is -0.355 e. The maximum atomic E-state index is 11.8. The predicted molar refractivity (Wildman–Crippen MR) is 127 cm³/mol. The summed E-state index contributed by atoms with van der Waals surface area (Å²) in [5.74, 6) is 0.186. The van der Waals surface area contributed by atoms with Gasteiger partial charge in [-0.05, 0) is 32.1 Å². The van der Waals surface area contributed by atoms with Crippen molar-refractivity contribution in [2.45, 2.75) is 96.8 Å². The van der Waals surface area contributed by atoms with Gasteiger partial charge in [0.15, 0.2) is 0 Å². The van der Waals surface area contributed by atoms with Gasteiger partial charge in [-0.15, -0.1) is 0 Å². The van der Waals surface area contributed by atoms with Crippen LogP contribution < -0.4 is 21.7 Å². The Balaban J connectivity index is 3.19. The van der Waals surface area contributed by atoms with Crippen molar-refractivity contribution in [2.24, 2.45) is 5.73 Å². The highest BCUT2D eigenvalue weighted by molar-refractivity contribution is 5.75. The zero-order chi connectivity index (χ0) is 21.3. The second kappa shape index (κ2) is 25.1. The number of nitrogens with one attached hydrogen (secondary N) is 3. The first kappa shape index (κ1) is 28.1. The topological polar surface area (TPSA) is 79.2 Å². The molecule has 0 aliphatic heterocycles. The molecule has 0 radical (unpaired) electrons.